The number of rotatable bonds is 6. The smallest absolute Gasteiger partial charge is 0.257 e. The van der Waals surface area contributed by atoms with Gasteiger partial charge in [0.05, 0.1) is 10.3 Å². The van der Waals surface area contributed by atoms with E-state index in [1.165, 1.54) is 12.1 Å². The van der Waals surface area contributed by atoms with Crippen molar-refractivity contribution in [1.29, 1.82) is 0 Å². The van der Waals surface area contributed by atoms with Crippen molar-refractivity contribution in [2.75, 3.05) is 11.6 Å². The summed E-state index contributed by atoms with van der Waals surface area (Å²) in [6.45, 7) is 3.84. The molecule has 0 radical (unpaired) electrons. The molecule has 164 valence electrons. The van der Waals surface area contributed by atoms with E-state index in [2.05, 4.69) is 10.3 Å². The molecule has 1 amide bonds. The number of carbonyl (C=O) groups is 1. The zero-order valence-corrected chi connectivity index (χ0v) is 18.7. The zero-order chi connectivity index (χ0) is 22.9. The summed E-state index contributed by atoms with van der Waals surface area (Å²) in [6, 6.07) is 14.9. The SMILES string of the molecule is CCc1ccc(NC(=O)c2cc(Oc3ccc(S(C)(=O)=O)cc3)c3cc(C)oc3c2)nc1. The first-order chi connectivity index (χ1) is 15.2. The molecule has 0 aliphatic carbocycles. The number of carbonyl (C=O) groups excluding carboxylic acids is 1. The van der Waals surface area contributed by atoms with Crippen LogP contribution >= 0.6 is 0 Å². The lowest BCUT2D eigenvalue weighted by atomic mass is 10.1. The highest BCUT2D eigenvalue weighted by Crippen LogP contribution is 2.34. The number of fused-ring (bicyclic) bond motifs is 1. The molecule has 0 spiro atoms. The minimum atomic E-state index is -3.31. The number of ether oxygens (including phenoxy) is 1. The molecule has 2 aromatic carbocycles. The lowest BCUT2D eigenvalue weighted by Gasteiger charge is -2.10. The van der Waals surface area contributed by atoms with Gasteiger partial charge < -0.3 is 14.5 Å². The Balaban J connectivity index is 1.65. The molecule has 2 aromatic heterocycles. The van der Waals surface area contributed by atoms with Crippen molar-refractivity contribution >= 4 is 32.5 Å². The van der Waals surface area contributed by atoms with Crippen LogP contribution in [-0.4, -0.2) is 25.6 Å². The number of nitrogens with zero attached hydrogens (tertiary/aromatic N) is 1. The minimum absolute atomic E-state index is 0.198. The van der Waals surface area contributed by atoms with Gasteiger partial charge in [-0.15, -0.1) is 0 Å². The maximum Gasteiger partial charge on any atom is 0.257 e. The first-order valence-electron chi connectivity index (χ1n) is 10.0. The molecule has 0 unspecified atom stereocenters. The monoisotopic (exact) mass is 450 g/mol. The van der Waals surface area contributed by atoms with Gasteiger partial charge in [0.15, 0.2) is 9.84 Å². The number of hydrogen-bond donors (Lipinski definition) is 1. The Kier molecular flexibility index (Phi) is 5.71. The molecule has 0 saturated carbocycles. The van der Waals surface area contributed by atoms with Crippen LogP contribution in [0.4, 0.5) is 5.82 Å². The van der Waals surface area contributed by atoms with Gasteiger partial charge in [0, 0.05) is 18.0 Å². The van der Waals surface area contributed by atoms with Crippen molar-refractivity contribution < 1.29 is 22.4 Å². The Bertz CT molecular complexity index is 1390. The molecule has 32 heavy (non-hydrogen) atoms. The van der Waals surface area contributed by atoms with E-state index in [9.17, 15) is 13.2 Å². The molecule has 8 heteroatoms. The molecule has 0 bridgehead atoms. The number of anilines is 1. The second kappa shape index (κ2) is 8.47. The van der Waals surface area contributed by atoms with Crippen LogP contribution in [-0.2, 0) is 16.3 Å². The minimum Gasteiger partial charge on any atom is -0.461 e. The van der Waals surface area contributed by atoms with Crippen LogP contribution in [0.25, 0.3) is 11.0 Å². The summed E-state index contributed by atoms with van der Waals surface area (Å²) in [4.78, 5) is 17.3. The number of aryl methyl sites for hydroxylation is 2. The van der Waals surface area contributed by atoms with E-state index < -0.39 is 9.84 Å². The molecule has 2 heterocycles. The fraction of sp³-hybridized carbons (Fsp3) is 0.167. The number of hydrogen-bond acceptors (Lipinski definition) is 6. The van der Waals surface area contributed by atoms with Crippen LogP contribution in [0.1, 0.15) is 28.6 Å². The Labute approximate surface area is 186 Å². The molecular formula is C24H22N2O5S. The van der Waals surface area contributed by atoms with Gasteiger partial charge in [-0.1, -0.05) is 13.0 Å². The van der Waals surface area contributed by atoms with Gasteiger partial charge in [0.25, 0.3) is 5.91 Å². The number of pyridine rings is 1. The van der Waals surface area contributed by atoms with Crippen molar-refractivity contribution in [3.63, 3.8) is 0 Å². The largest absolute Gasteiger partial charge is 0.461 e. The molecular weight excluding hydrogens is 428 g/mol. The van der Waals surface area contributed by atoms with E-state index in [0.717, 1.165) is 18.2 Å². The topological polar surface area (TPSA) is 98.5 Å². The summed E-state index contributed by atoms with van der Waals surface area (Å²) >= 11 is 0. The Hall–Kier alpha value is -3.65. The van der Waals surface area contributed by atoms with Crippen molar-refractivity contribution in [2.24, 2.45) is 0 Å². The molecule has 4 rings (SSSR count). The number of benzene rings is 2. The summed E-state index contributed by atoms with van der Waals surface area (Å²) in [7, 11) is -3.31. The maximum absolute atomic E-state index is 12.9. The fourth-order valence-electron chi connectivity index (χ4n) is 3.23. The summed E-state index contributed by atoms with van der Waals surface area (Å²) in [5.41, 5.74) is 1.93. The quantitative estimate of drug-likeness (QED) is 0.436. The number of aromatic nitrogens is 1. The van der Waals surface area contributed by atoms with Crippen LogP contribution in [0.3, 0.4) is 0 Å². The summed E-state index contributed by atoms with van der Waals surface area (Å²) in [5, 5.41) is 3.49. The Morgan fingerprint density at radius 3 is 2.47 bits per heavy atom. The Morgan fingerprint density at radius 1 is 1.09 bits per heavy atom. The second-order valence-electron chi connectivity index (χ2n) is 7.45. The maximum atomic E-state index is 12.9. The molecule has 0 saturated heterocycles. The molecule has 0 aliphatic heterocycles. The van der Waals surface area contributed by atoms with Crippen LogP contribution in [0, 0.1) is 6.92 Å². The van der Waals surface area contributed by atoms with Gasteiger partial charge in [-0.2, -0.15) is 0 Å². The molecule has 0 aliphatic rings. The van der Waals surface area contributed by atoms with Gasteiger partial charge in [0.2, 0.25) is 0 Å². The van der Waals surface area contributed by atoms with E-state index in [0.29, 0.717) is 39.6 Å². The predicted molar refractivity (Wildman–Crippen MR) is 122 cm³/mol. The van der Waals surface area contributed by atoms with Gasteiger partial charge in [-0.25, -0.2) is 13.4 Å². The highest BCUT2D eigenvalue weighted by atomic mass is 32.2. The predicted octanol–water partition coefficient (Wildman–Crippen LogP) is 5.15. The van der Waals surface area contributed by atoms with Crippen LogP contribution in [0.5, 0.6) is 11.5 Å². The zero-order valence-electron chi connectivity index (χ0n) is 17.9. The lowest BCUT2D eigenvalue weighted by Crippen LogP contribution is -2.13. The number of amides is 1. The van der Waals surface area contributed by atoms with E-state index in [4.69, 9.17) is 9.15 Å². The van der Waals surface area contributed by atoms with Crippen LogP contribution in [0.2, 0.25) is 0 Å². The van der Waals surface area contributed by atoms with Gasteiger partial charge in [0.1, 0.15) is 28.7 Å². The average Bonchev–Trinajstić information content (AvgIpc) is 3.14. The first-order valence-corrected chi connectivity index (χ1v) is 11.9. The Morgan fingerprint density at radius 2 is 1.84 bits per heavy atom. The van der Waals surface area contributed by atoms with E-state index >= 15 is 0 Å². The number of furan rings is 1. The normalized spacial score (nSPS) is 11.5. The highest BCUT2D eigenvalue weighted by molar-refractivity contribution is 7.90. The molecule has 0 fully saturated rings. The third-order valence-corrected chi connectivity index (χ3v) is 6.07. The van der Waals surface area contributed by atoms with Crippen molar-refractivity contribution in [1.82, 2.24) is 4.98 Å². The van der Waals surface area contributed by atoms with E-state index in [-0.39, 0.29) is 10.8 Å². The first kappa shape index (κ1) is 21.6. The molecule has 0 atom stereocenters. The van der Waals surface area contributed by atoms with Crippen molar-refractivity contribution in [2.45, 2.75) is 25.2 Å². The summed E-state index contributed by atoms with van der Waals surface area (Å²) in [6.07, 6.45) is 3.73. The lowest BCUT2D eigenvalue weighted by molar-refractivity contribution is 0.102. The standard InChI is InChI=1S/C24H22N2O5S/c1-4-16-5-10-23(25-14-16)26-24(27)17-12-21-20(11-15(2)30-21)22(13-17)31-18-6-8-19(9-7-18)32(3,28)29/h5-14H,4H2,1-3H3,(H,25,26,27). The van der Waals surface area contributed by atoms with Crippen LogP contribution in [0.15, 0.2) is 70.1 Å². The second-order valence-corrected chi connectivity index (χ2v) is 9.46. The molecule has 7 nitrogen and oxygen atoms in total. The average molecular weight is 451 g/mol. The van der Waals surface area contributed by atoms with Crippen LogP contribution < -0.4 is 10.1 Å². The van der Waals surface area contributed by atoms with Gasteiger partial charge in [-0.05, 0) is 67.4 Å². The number of sulfone groups is 1. The molecule has 1 N–H and O–H groups in total. The summed E-state index contributed by atoms with van der Waals surface area (Å²) < 4.78 is 35.1. The van der Waals surface area contributed by atoms with Crippen molar-refractivity contribution in [3.8, 4) is 11.5 Å². The third-order valence-electron chi connectivity index (χ3n) is 4.94. The van der Waals surface area contributed by atoms with Crippen molar-refractivity contribution in [3.05, 3.63) is 77.7 Å². The van der Waals surface area contributed by atoms with E-state index in [1.54, 1.807) is 36.5 Å². The highest BCUT2D eigenvalue weighted by Gasteiger charge is 2.16. The molecule has 4 aromatic rings. The van der Waals surface area contributed by atoms with E-state index in [1.807, 2.05) is 26.0 Å². The summed E-state index contributed by atoms with van der Waals surface area (Å²) in [5.74, 6) is 1.63. The third kappa shape index (κ3) is 4.65. The van der Waals surface area contributed by atoms with Gasteiger partial charge >= 0.3 is 0 Å². The fourth-order valence-corrected chi connectivity index (χ4v) is 3.86. The van der Waals surface area contributed by atoms with Gasteiger partial charge in [-0.3, -0.25) is 4.79 Å². The number of nitrogens with one attached hydrogen (secondary N) is 1.